The Morgan fingerprint density at radius 1 is 1.52 bits per heavy atom. The van der Waals surface area contributed by atoms with Crippen LogP contribution in [0.4, 0.5) is 0 Å². The number of aliphatic carboxylic acids is 1. The third kappa shape index (κ3) is 1.78. The molecule has 6 nitrogen and oxygen atoms in total. The first-order chi connectivity index (χ1) is 11.1. The highest BCUT2D eigenvalue weighted by molar-refractivity contribution is 5.91. The van der Waals surface area contributed by atoms with E-state index < -0.39 is 29.5 Å². The normalized spacial score (nSPS) is 37.4. The molecule has 0 saturated carbocycles. The largest absolute Gasteiger partial charge is 0.481 e. The molecule has 5 atom stereocenters. The molecule has 1 amide bonds. The summed E-state index contributed by atoms with van der Waals surface area (Å²) in [7, 11) is 0. The van der Waals surface area contributed by atoms with E-state index in [9.17, 15) is 14.7 Å². The fourth-order valence-corrected chi connectivity index (χ4v) is 4.23. The van der Waals surface area contributed by atoms with E-state index in [-0.39, 0.29) is 11.9 Å². The molecular weight excluding hydrogens is 298 g/mol. The number of ether oxygens (including phenoxy) is 1. The van der Waals surface area contributed by atoms with E-state index in [0.29, 0.717) is 18.7 Å². The molecule has 0 radical (unpaired) electrons. The van der Waals surface area contributed by atoms with Crippen LogP contribution in [0.15, 0.2) is 47.6 Å². The Morgan fingerprint density at radius 2 is 2.35 bits per heavy atom. The summed E-state index contributed by atoms with van der Waals surface area (Å²) in [5.41, 5.74) is -0.869. The second-order valence-electron chi connectivity index (χ2n) is 6.22. The van der Waals surface area contributed by atoms with Gasteiger partial charge in [0.1, 0.15) is 17.3 Å². The monoisotopic (exact) mass is 315 g/mol. The molecule has 1 spiro atoms. The van der Waals surface area contributed by atoms with Crippen LogP contribution in [0, 0.1) is 11.8 Å². The molecule has 2 saturated heterocycles. The number of carboxylic acid groups (broad SMARTS) is 1. The quantitative estimate of drug-likeness (QED) is 0.835. The second-order valence-corrected chi connectivity index (χ2v) is 6.22. The highest BCUT2D eigenvalue weighted by atomic mass is 16.5. The van der Waals surface area contributed by atoms with Gasteiger partial charge in [-0.25, -0.2) is 0 Å². The standard InChI is InChI=1S/C17H17NO5/c1-2-4-12-17-7-6-11(23-17)13(16(20)21)14(17)15(19)18(12)9-10-5-3-8-22-10/h2-3,5-8,11-14H,1,4,9H2,(H,20,21)/t11-,12?,13-,14+,17-/m1/s1. The molecule has 2 fully saturated rings. The summed E-state index contributed by atoms with van der Waals surface area (Å²) >= 11 is 0. The van der Waals surface area contributed by atoms with Crippen LogP contribution in [-0.2, 0) is 20.9 Å². The van der Waals surface area contributed by atoms with Crippen molar-refractivity contribution in [2.75, 3.05) is 0 Å². The van der Waals surface area contributed by atoms with Gasteiger partial charge in [-0.15, -0.1) is 6.58 Å². The Hall–Kier alpha value is -2.34. The van der Waals surface area contributed by atoms with Crippen LogP contribution >= 0.6 is 0 Å². The van der Waals surface area contributed by atoms with Crippen LogP contribution in [0.1, 0.15) is 12.2 Å². The number of amides is 1. The van der Waals surface area contributed by atoms with Crippen molar-refractivity contribution < 1.29 is 23.8 Å². The molecule has 3 aliphatic rings. The van der Waals surface area contributed by atoms with Gasteiger partial charge in [0, 0.05) is 0 Å². The maximum absolute atomic E-state index is 13.0. The van der Waals surface area contributed by atoms with Gasteiger partial charge in [0.2, 0.25) is 5.91 Å². The Bertz CT molecular complexity index is 694. The van der Waals surface area contributed by atoms with E-state index in [0.717, 1.165) is 0 Å². The number of nitrogens with zero attached hydrogens (tertiary/aromatic N) is 1. The summed E-state index contributed by atoms with van der Waals surface area (Å²) in [4.78, 5) is 26.3. The number of carboxylic acids is 1. The average Bonchev–Trinajstić information content (AvgIpc) is 3.26. The first kappa shape index (κ1) is 14.3. The highest BCUT2D eigenvalue weighted by Crippen LogP contribution is 2.55. The van der Waals surface area contributed by atoms with Gasteiger partial charge in [0.25, 0.3) is 0 Å². The van der Waals surface area contributed by atoms with Gasteiger partial charge >= 0.3 is 5.97 Å². The minimum atomic E-state index is -0.989. The molecule has 0 aliphatic carbocycles. The molecule has 1 aromatic heterocycles. The zero-order chi connectivity index (χ0) is 16.2. The summed E-state index contributed by atoms with van der Waals surface area (Å²) in [5, 5.41) is 9.53. The third-order valence-electron chi connectivity index (χ3n) is 5.11. The lowest BCUT2D eigenvalue weighted by molar-refractivity contribution is -0.148. The van der Waals surface area contributed by atoms with Crippen LogP contribution in [0.25, 0.3) is 0 Å². The lowest BCUT2D eigenvalue weighted by Gasteiger charge is -2.32. The first-order valence-electron chi connectivity index (χ1n) is 7.62. The number of likely N-dealkylation sites (tertiary alicyclic amines) is 1. The van der Waals surface area contributed by atoms with E-state index in [1.54, 1.807) is 35.4 Å². The van der Waals surface area contributed by atoms with Crippen LogP contribution < -0.4 is 0 Å². The fourth-order valence-electron chi connectivity index (χ4n) is 4.23. The topological polar surface area (TPSA) is 80.0 Å². The zero-order valence-electron chi connectivity index (χ0n) is 12.4. The molecule has 3 aliphatic heterocycles. The number of hydrogen-bond acceptors (Lipinski definition) is 4. The number of rotatable bonds is 5. The molecule has 4 heterocycles. The maximum atomic E-state index is 13.0. The molecule has 1 aromatic rings. The molecule has 23 heavy (non-hydrogen) atoms. The lowest BCUT2D eigenvalue weighted by Crippen LogP contribution is -2.44. The van der Waals surface area contributed by atoms with E-state index in [4.69, 9.17) is 9.15 Å². The predicted molar refractivity (Wildman–Crippen MR) is 79.2 cm³/mol. The minimum Gasteiger partial charge on any atom is -0.481 e. The van der Waals surface area contributed by atoms with Crippen LogP contribution in [0.5, 0.6) is 0 Å². The van der Waals surface area contributed by atoms with Gasteiger partial charge in [0.05, 0.1) is 30.9 Å². The number of carbonyl (C=O) groups is 2. The highest BCUT2D eigenvalue weighted by Gasteiger charge is 2.70. The first-order valence-corrected chi connectivity index (χ1v) is 7.62. The van der Waals surface area contributed by atoms with E-state index in [1.165, 1.54) is 0 Å². The van der Waals surface area contributed by atoms with Crippen molar-refractivity contribution in [2.24, 2.45) is 11.8 Å². The van der Waals surface area contributed by atoms with Crippen LogP contribution in [0.2, 0.25) is 0 Å². The molecule has 6 heteroatoms. The van der Waals surface area contributed by atoms with Gasteiger partial charge in [-0.05, 0) is 18.6 Å². The van der Waals surface area contributed by atoms with Crippen molar-refractivity contribution in [1.29, 1.82) is 0 Å². The van der Waals surface area contributed by atoms with Crippen molar-refractivity contribution in [1.82, 2.24) is 4.90 Å². The Labute approximate surface area is 133 Å². The molecule has 2 bridgehead atoms. The summed E-state index contributed by atoms with van der Waals surface area (Å²) in [6.45, 7) is 4.07. The zero-order valence-corrected chi connectivity index (χ0v) is 12.4. The summed E-state index contributed by atoms with van der Waals surface area (Å²) in [6, 6.07) is 3.29. The van der Waals surface area contributed by atoms with Crippen molar-refractivity contribution in [3.63, 3.8) is 0 Å². The SMILES string of the molecule is C=CCC1N(Cc2ccco2)C(=O)[C@@H]2[C@H](C(=O)O)[C@H]3C=C[C@@]12O3. The number of hydrogen-bond donors (Lipinski definition) is 1. The van der Waals surface area contributed by atoms with Crippen molar-refractivity contribution in [2.45, 2.75) is 30.7 Å². The van der Waals surface area contributed by atoms with E-state index >= 15 is 0 Å². The summed E-state index contributed by atoms with van der Waals surface area (Å²) in [5.74, 6) is -2.03. The van der Waals surface area contributed by atoms with Crippen molar-refractivity contribution in [3.05, 3.63) is 49.0 Å². The Kier molecular flexibility index (Phi) is 2.99. The summed E-state index contributed by atoms with van der Waals surface area (Å²) in [6.07, 6.45) is 6.94. The predicted octanol–water partition coefficient (Wildman–Crippen LogP) is 1.59. The van der Waals surface area contributed by atoms with E-state index in [2.05, 4.69) is 6.58 Å². The molecule has 120 valence electrons. The van der Waals surface area contributed by atoms with E-state index in [1.807, 2.05) is 6.08 Å². The van der Waals surface area contributed by atoms with Gasteiger partial charge in [-0.1, -0.05) is 18.2 Å². The van der Waals surface area contributed by atoms with Crippen LogP contribution in [-0.4, -0.2) is 39.6 Å². The second kappa shape index (κ2) is 4.83. The molecule has 4 rings (SSSR count). The summed E-state index contributed by atoms with van der Waals surface area (Å²) < 4.78 is 11.4. The number of furan rings is 1. The minimum absolute atomic E-state index is 0.188. The smallest absolute Gasteiger partial charge is 0.310 e. The molecule has 1 unspecified atom stereocenters. The molecule has 0 aromatic carbocycles. The third-order valence-corrected chi connectivity index (χ3v) is 5.11. The van der Waals surface area contributed by atoms with Gasteiger partial charge in [0.15, 0.2) is 0 Å². The van der Waals surface area contributed by atoms with Crippen molar-refractivity contribution in [3.8, 4) is 0 Å². The van der Waals surface area contributed by atoms with Crippen molar-refractivity contribution >= 4 is 11.9 Å². The molecule has 1 N–H and O–H groups in total. The van der Waals surface area contributed by atoms with Gasteiger partial charge < -0.3 is 19.2 Å². The van der Waals surface area contributed by atoms with Crippen LogP contribution in [0.3, 0.4) is 0 Å². The van der Waals surface area contributed by atoms with Gasteiger partial charge in [-0.3, -0.25) is 9.59 Å². The van der Waals surface area contributed by atoms with Gasteiger partial charge in [-0.2, -0.15) is 0 Å². The Morgan fingerprint density at radius 3 is 3.00 bits per heavy atom. The number of carbonyl (C=O) groups excluding carboxylic acids is 1. The fraction of sp³-hybridized carbons (Fsp3) is 0.412. The molecular formula is C17H17NO5. The maximum Gasteiger partial charge on any atom is 0.310 e. The Balaban J connectivity index is 1.75. The number of fused-ring (bicyclic) bond motifs is 1. The average molecular weight is 315 g/mol. The lowest BCUT2D eigenvalue weighted by atomic mass is 9.74.